The minimum absolute atomic E-state index is 0.166. The van der Waals surface area contributed by atoms with Crippen LogP contribution in [0.1, 0.15) is 79.6 Å². The highest BCUT2D eigenvalue weighted by atomic mass is 16.6. The van der Waals surface area contributed by atoms with Gasteiger partial charge >= 0.3 is 0 Å². The Morgan fingerprint density at radius 2 is 1.64 bits per heavy atom. The first-order chi connectivity index (χ1) is 10.2. The lowest BCUT2D eigenvalue weighted by Crippen LogP contribution is -2.54. The van der Waals surface area contributed by atoms with Crippen molar-refractivity contribution in [2.24, 2.45) is 22.7 Å². The Balaban J connectivity index is 1.56. The molecule has 2 bridgehead atoms. The van der Waals surface area contributed by atoms with Gasteiger partial charge in [0, 0.05) is 0 Å². The lowest BCUT2D eigenvalue weighted by molar-refractivity contribution is -0.0461. The molecule has 2 saturated heterocycles. The standard InChI is InChI=1S/C20H32O2/c1-16(2)13-6-9-18(4)20(16,22-18)11-10-17(3)8-7-15-19(5,21-15)14(17)12-13/h13-15H,6-12H2,1-5H3/t13-,14-,15-,17-,18-,19+,20-/m0/s1. The van der Waals surface area contributed by atoms with Crippen molar-refractivity contribution >= 4 is 0 Å². The fourth-order valence-electron chi connectivity index (χ4n) is 7.43. The molecule has 5 fully saturated rings. The Kier molecular flexibility index (Phi) is 2.35. The number of epoxide rings is 2. The van der Waals surface area contributed by atoms with Crippen LogP contribution in [0.5, 0.6) is 0 Å². The zero-order chi connectivity index (χ0) is 15.6. The summed E-state index contributed by atoms with van der Waals surface area (Å²) in [6, 6.07) is 0. The summed E-state index contributed by atoms with van der Waals surface area (Å²) in [5.41, 5.74) is 1.32. The number of rotatable bonds is 0. The molecular weight excluding hydrogens is 272 g/mol. The molecule has 22 heavy (non-hydrogen) atoms. The predicted octanol–water partition coefficient (Wildman–Crippen LogP) is 4.71. The van der Waals surface area contributed by atoms with Gasteiger partial charge in [-0.1, -0.05) is 20.8 Å². The van der Waals surface area contributed by atoms with Crippen molar-refractivity contribution < 1.29 is 9.47 Å². The van der Waals surface area contributed by atoms with Gasteiger partial charge in [-0.15, -0.1) is 0 Å². The van der Waals surface area contributed by atoms with E-state index in [2.05, 4.69) is 34.6 Å². The van der Waals surface area contributed by atoms with Crippen molar-refractivity contribution in [2.45, 2.75) is 102 Å². The van der Waals surface area contributed by atoms with Crippen LogP contribution in [0.4, 0.5) is 0 Å². The highest BCUT2D eigenvalue weighted by Gasteiger charge is 2.78. The van der Waals surface area contributed by atoms with Crippen molar-refractivity contribution in [1.29, 1.82) is 0 Å². The van der Waals surface area contributed by atoms with Gasteiger partial charge in [0.1, 0.15) is 5.60 Å². The molecular formula is C20H32O2. The third-order valence-electron chi connectivity index (χ3n) is 9.30. The van der Waals surface area contributed by atoms with Crippen LogP contribution in [0.3, 0.4) is 0 Å². The highest BCUT2D eigenvalue weighted by Crippen LogP contribution is 2.73. The molecule has 124 valence electrons. The van der Waals surface area contributed by atoms with E-state index in [1.807, 2.05) is 0 Å². The zero-order valence-electron chi connectivity index (χ0n) is 15.0. The summed E-state index contributed by atoms with van der Waals surface area (Å²) < 4.78 is 12.8. The summed E-state index contributed by atoms with van der Waals surface area (Å²) in [4.78, 5) is 0. The van der Waals surface area contributed by atoms with Gasteiger partial charge in [-0.3, -0.25) is 0 Å². The summed E-state index contributed by atoms with van der Waals surface area (Å²) in [5, 5.41) is 0. The average Bonchev–Trinajstić information content (AvgIpc) is 3.28. The van der Waals surface area contributed by atoms with Gasteiger partial charge in [-0.2, -0.15) is 0 Å². The maximum Gasteiger partial charge on any atom is 0.103 e. The van der Waals surface area contributed by atoms with E-state index < -0.39 is 0 Å². The Labute approximate surface area is 135 Å². The van der Waals surface area contributed by atoms with Crippen molar-refractivity contribution in [1.82, 2.24) is 0 Å². The lowest BCUT2D eigenvalue weighted by Gasteiger charge is -2.54. The maximum absolute atomic E-state index is 6.53. The summed E-state index contributed by atoms with van der Waals surface area (Å²) in [7, 11) is 0. The van der Waals surface area contributed by atoms with Gasteiger partial charge in [-0.25, -0.2) is 0 Å². The van der Waals surface area contributed by atoms with Gasteiger partial charge in [0.2, 0.25) is 0 Å². The second kappa shape index (κ2) is 3.61. The Hall–Kier alpha value is -0.0800. The molecule has 0 aromatic heterocycles. The number of hydrogen-bond donors (Lipinski definition) is 0. The van der Waals surface area contributed by atoms with Crippen LogP contribution in [0.2, 0.25) is 0 Å². The molecule has 5 aliphatic rings. The van der Waals surface area contributed by atoms with E-state index in [-0.39, 0.29) is 16.8 Å². The molecule has 7 atom stereocenters. The van der Waals surface area contributed by atoms with Gasteiger partial charge in [-0.05, 0) is 81.5 Å². The van der Waals surface area contributed by atoms with Crippen LogP contribution in [0.25, 0.3) is 0 Å². The second-order valence-electron chi connectivity index (χ2n) is 10.4. The molecule has 0 aromatic rings. The van der Waals surface area contributed by atoms with E-state index in [1.54, 1.807) is 0 Å². The minimum Gasteiger partial charge on any atom is -0.366 e. The largest absolute Gasteiger partial charge is 0.366 e. The fourth-order valence-corrected chi connectivity index (χ4v) is 7.43. The van der Waals surface area contributed by atoms with Crippen LogP contribution in [0, 0.1) is 22.7 Å². The Morgan fingerprint density at radius 3 is 2.41 bits per heavy atom. The van der Waals surface area contributed by atoms with Crippen LogP contribution < -0.4 is 0 Å². The van der Waals surface area contributed by atoms with E-state index in [4.69, 9.17) is 9.47 Å². The van der Waals surface area contributed by atoms with Crippen molar-refractivity contribution in [3.63, 3.8) is 0 Å². The topological polar surface area (TPSA) is 25.1 Å². The normalized spacial score (nSPS) is 64.5. The molecule has 3 aliphatic carbocycles. The summed E-state index contributed by atoms with van der Waals surface area (Å²) in [5.74, 6) is 1.55. The quantitative estimate of drug-likeness (QED) is 0.606. The monoisotopic (exact) mass is 304 g/mol. The molecule has 0 amide bonds. The SMILES string of the molecule is CC1(C)[C@H]2CC[C@]3(C)O[C@@]13CC[C@]1(C)CC[C@@H]3O[C@]3(C)[C@H]1C2. The van der Waals surface area contributed by atoms with Gasteiger partial charge in [0.25, 0.3) is 0 Å². The number of fused-ring (bicyclic) bond motifs is 4. The van der Waals surface area contributed by atoms with Gasteiger partial charge in [0.05, 0.1) is 17.3 Å². The molecule has 2 heterocycles. The molecule has 0 aromatic carbocycles. The zero-order valence-corrected chi connectivity index (χ0v) is 15.0. The Bertz CT molecular complexity index is 542. The minimum atomic E-state index is 0.166. The van der Waals surface area contributed by atoms with Gasteiger partial charge in [0.15, 0.2) is 0 Å². The average molecular weight is 304 g/mol. The van der Waals surface area contributed by atoms with E-state index in [0.717, 1.165) is 11.8 Å². The number of hydrogen-bond acceptors (Lipinski definition) is 2. The molecule has 3 saturated carbocycles. The summed E-state index contributed by atoms with van der Waals surface area (Å²) >= 11 is 0. The Morgan fingerprint density at radius 1 is 0.864 bits per heavy atom. The van der Waals surface area contributed by atoms with E-state index in [9.17, 15) is 0 Å². The van der Waals surface area contributed by atoms with Crippen LogP contribution in [0.15, 0.2) is 0 Å². The second-order valence-corrected chi connectivity index (χ2v) is 10.4. The molecule has 2 heteroatoms. The van der Waals surface area contributed by atoms with Crippen LogP contribution in [-0.2, 0) is 9.47 Å². The molecule has 2 nitrogen and oxygen atoms in total. The van der Waals surface area contributed by atoms with Crippen LogP contribution in [-0.4, -0.2) is 22.9 Å². The summed E-state index contributed by atoms with van der Waals surface area (Å²) in [6.07, 6.45) is 9.77. The third kappa shape index (κ3) is 1.38. The smallest absolute Gasteiger partial charge is 0.103 e. The van der Waals surface area contributed by atoms with Crippen molar-refractivity contribution in [3.05, 3.63) is 0 Å². The maximum atomic E-state index is 6.53. The number of ether oxygens (including phenoxy) is 2. The first-order valence-electron chi connectivity index (χ1n) is 9.55. The third-order valence-corrected chi connectivity index (χ3v) is 9.30. The molecule has 0 N–H and O–H groups in total. The highest BCUT2D eigenvalue weighted by molar-refractivity contribution is 5.26. The van der Waals surface area contributed by atoms with E-state index in [0.29, 0.717) is 16.9 Å². The lowest BCUT2D eigenvalue weighted by atomic mass is 9.48. The van der Waals surface area contributed by atoms with Crippen LogP contribution >= 0.6 is 0 Å². The summed E-state index contributed by atoms with van der Waals surface area (Å²) in [6.45, 7) is 12.4. The molecule has 1 spiro atoms. The first-order valence-corrected chi connectivity index (χ1v) is 9.55. The van der Waals surface area contributed by atoms with E-state index in [1.165, 1.54) is 44.9 Å². The van der Waals surface area contributed by atoms with E-state index >= 15 is 0 Å². The van der Waals surface area contributed by atoms with Crippen molar-refractivity contribution in [3.8, 4) is 0 Å². The molecule has 0 radical (unpaired) electrons. The predicted molar refractivity (Wildman–Crippen MR) is 86.7 cm³/mol. The first kappa shape index (κ1) is 14.3. The molecule has 0 unspecified atom stereocenters. The fraction of sp³-hybridized carbons (Fsp3) is 1.00. The molecule has 5 rings (SSSR count). The molecule has 2 aliphatic heterocycles. The van der Waals surface area contributed by atoms with Gasteiger partial charge < -0.3 is 9.47 Å². The van der Waals surface area contributed by atoms with Crippen molar-refractivity contribution in [2.75, 3.05) is 0 Å².